The van der Waals surface area contributed by atoms with Gasteiger partial charge < -0.3 is 4.18 Å². The van der Waals surface area contributed by atoms with Crippen molar-refractivity contribution < 1.29 is 22.2 Å². The van der Waals surface area contributed by atoms with Crippen LogP contribution in [0.4, 0.5) is 4.79 Å². The molecule has 1 aliphatic rings. The van der Waals surface area contributed by atoms with E-state index in [1.54, 1.807) is 18.2 Å². The minimum Gasteiger partial charge on any atom is -0.378 e. The topological polar surface area (TPSA) is 80.8 Å². The fourth-order valence-electron chi connectivity index (χ4n) is 3.18. The van der Waals surface area contributed by atoms with Crippen molar-refractivity contribution in [3.05, 3.63) is 99.4 Å². The van der Waals surface area contributed by atoms with E-state index in [9.17, 15) is 18.0 Å². The number of amides is 2. The van der Waals surface area contributed by atoms with Gasteiger partial charge in [0.1, 0.15) is 10.6 Å². The minimum atomic E-state index is -4.12. The van der Waals surface area contributed by atoms with Crippen LogP contribution in [0.5, 0.6) is 5.75 Å². The second kappa shape index (κ2) is 9.43. The third-order valence-electron chi connectivity index (χ3n) is 4.97. The standard InChI is InChI=1S/C24H18ClNO5S2/c1-16-6-2-3-8-18(16)15-26-23(27)22(32-24(26)28)14-17-7-4-5-9-21(17)31-33(29,30)20-12-10-19(25)11-13-20/h2-14H,15H2,1H3/b22-14-. The molecule has 33 heavy (non-hydrogen) atoms. The lowest BCUT2D eigenvalue weighted by Gasteiger charge is -2.14. The van der Waals surface area contributed by atoms with Crippen LogP contribution in [0.1, 0.15) is 16.7 Å². The Balaban J connectivity index is 1.60. The van der Waals surface area contributed by atoms with Gasteiger partial charge in [0.05, 0.1) is 11.4 Å². The van der Waals surface area contributed by atoms with Gasteiger partial charge in [-0.25, -0.2) is 0 Å². The van der Waals surface area contributed by atoms with Crippen molar-refractivity contribution in [2.24, 2.45) is 0 Å². The summed E-state index contributed by atoms with van der Waals surface area (Å²) in [5, 5.41) is 0.0115. The second-order valence-corrected chi connectivity index (χ2v) is 10.2. The van der Waals surface area contributed by atoms with Crippen molar-refractivity contribution >= 4 is 50.7 Å². The monoisotopic (exact) mass is 499 g/mol. The zero-order valence-electron chi connectivity index (χ0n) is 17.4. The van der Waals surface area contributed by atoms with Crippen LogP contribution in [-0.2, 0) is 21.5 Å². The Kier molecular flexibility index (Phi) is 6.60. The van der Waals surface area contributed by atoms with E-state index >= 15 is 0 Å². The van der Waals surface area contributed by atoms with E-state index in [2.05, 4.69) is 0 Å². The minimum absolute atomic E-state index is 0.0400. The first-order chi connectivity index (χ1) is 15.7. The van der Waals surface area contributed by atoms with Gasteiger partial charge in [-0.15, -0.1) is 0 Å². The van der Waals surface area contributed by atoms with Gasteiger partial charge in [-0.2, -0.15) is 8.42 Å². The SMILES string of the molecule is Cc1ccccc1CN1C(=O)S/C(=C\c2ccccc2OS(=O)(=O)c2ccc(Cl)cc2)C1=O. The van der Waals surface area contributed by atoms with E-state index in [1.807, 2.05) is 31.2 Å². The molecule has 0 spiro atoms. The molecule has 0 aliphatic carbocycles. The molecule has 2 amide bonds. The summed E-state index contributed by atoms with van der Waals surface area (Å²) in [6, 6.07) is 19.5. The maximum absolute atomic E-state index is 12.9. The number of para-hydroxylation sites is 1. The Morgan fingerprint density at radius 1 is 0.970 bits per heavy atom. The molecular weight excluding hydrogens is 482 g/mol. The van der Waals surface area contributed by atoms with Crippen LogP contribution in [-0.4, -0.2) is 24.5 Å². The molecule has 9 heteroatoms. The summed E-state index contributed by atoms with van der Waals surface area (Å²) in [5.74, 6) is -0.401. The lowest BCUT2D eigenvalue weighted by atomic mass is 10.1. The van der Waals surface area contributed by atoms with Gasteiger partial charge in [-0.05, 0) is 66.2 Å². The molecule has 0 N–H and O–H groups in total. The Hall–Kier alpha value is -3.07. The number of benzene rings is 3. The normalized spacial score (nSPS) is 15.3. The van der Waals surface area contributed by atoms with Crippen molar-refractivity contribution in [1.82, 2.24) is 4.90 Å². The summed E-state index contributed by atoms with van der Waals surface area (Å²) < 4.78 is 30.7. The van der Waals surface area contributed by atoms with Gasteiger partial charge in [-0.1, -0.05) is 54.1 Å². The summed E-state index contributed by atoms with van der Waals surface area (Å²) >= 11 is 6.64. The number of nitrogens with zero attached hydrogens (tertiary/aromatic N) is 1. The molecule has 1 aliphatic heterocycles. The molecule has 0 saturated carbocycles. The molecule has 0 aromatic heterocycles. The first-order valence-corrected chi connectivity index (χ1v) is 12.4. The third kappa shape index (κ3) is 5.13. The van der Waals surface area contributed by atoms with Crippen molar-refractivity contribution in [3.8, 4) is 5.75 Å². The summed E-state index contributed by atoms with van der Waals surface area (Å²) in [6.45, 7) is 2.08. The summed E-state index contributed by atoms with van der Waals surface area (Å²) in [7, 11) is -4.12. The molecule has 3 aromatic carbocycles. The van der Waals surface area contributed by atoms with Crippen molar-refractivity contribution in [2.45, 2.75) is 18.4 Å². The van der Waals surface area contributed by atoms with E-state index < -0.39 is 16.0 Å². The van der Waals surface area contributed by atoms with Crippen LogP contribution in [0.25, 0.3) is 6.08 Å². The molecule has 4 rings (SSSR count). The molecular formula is C24H18ClNO5S2. The molecule has 1 saturated heterocycles. The van der Waals surface area contributed by atoms with Gasteiger partial charge in [0, 0.05) is 10.6 Å². The fourth-order valence-corrected chi connectivity index (χ4v) is 5.09. The van der Waals surface area contributed by atoms with E-state index in [4.69, 9.17) is 15.8 Å². The molecule has 0 bridgehead atoms. The van der Waals surface area contributed by atoms with Crippen LogP contribution in [0.2, 0.25) is 5.02 Å². The van der Waals surface area contributed by atoms with Gasteiger partial charge >= 0.3 is 10.1 Å². The Morgan fingerprint density at radius 3 is 2.36 bits per heavy atom. The highest BCUT2D eigenvalue weighted by molar-refractivity contribution is 8.18. The number of hydrogen-bond donors (Lipinski definition) is 0. The van der Waals surface area contributed by atoms with Crippen LogP contribution in [0.3, 0.4) is 0 Å². The Bertz CT molecular complexity index is 1370. The lowest BCUT2D eigenvalue weighted by Crippen LogP contribution is -2.27. The maximum atomic E-state index is 12.9. The lowest BCUT2D eigenvalue weighted by molar-refractivity contribution is -0.123. The predicted octanol–water partition coefficient (Wildman–Crippen LogP) is 5.65. The van der Waals surface area contributed by atoms with Gasteiger partial charge in [-0.3, -0.25) is 14.5 Å². The van der Waals surface area contributed by atoms with Crippen molar-refractivity contribution in [3.63, 3.8) is 0 Å². The highest BCUT2D eigenvalue weighted by Crippen LogP contribution is 2.35. The van der Waals surface area contributed by atoms with E-state index in [0.717, 1.165) is 22.9 Å². The third-order valence-corrected chi connectivity index (χ3v) is 7.38. The van der Waals surface area contributed by atoms with Crippen LogP contribution < -0.4 is 4.18 Å². The number of imide groups is 1. The number of hydrogen-bond acceptors (Lipinski definition) is 6. The number of carbonyl (C=O) groups excluding carboxylic acids is 2. The Morgan fingerprint density at radius 2 is 1.64 bits per heavy atom. The smallest absolute Gasteiger partial charge is 0.339 e. The Labute approximate surface area is 200 Å². The number of aryl methyl sites for hydroxylation is 1. The molecule has 3 aromatic rings. The fraction of sp³-hybridized carbons (Fsp3) is 0.0833. The number of carbonyl (C=O) groups is 2. The van der Waals surface area contributed by atoms with Gasteiger partial charge in [0.2, 0.25) is 0 Å². The molecule has 1 fully saturated rings. The highest BCUT2D eigenvalue weighted by atomic mass is 35.5. The number of thioether (sulfide) groups is 1. The second-order valence-electron chi connectivity index (χ2n) is 7.22. The predicted molar refractivity (Wildman–Crippen MR) is 128 cm³/mol. The average molecular weight is 500 g/mol. The largest absolute Gasteiger partial charge is 0.378 e. The van der Waals surface area contributed by atoms with E-state index in [-0.39, 0.29) is 27.3 Å². The van der Waals surface area contributed by atoms with Gasteiger partial charge in [0.25, 0.3) is 11.1 Å². The van der Waals surface area contributed by atoms with Gasteiger partial charge in [0.15, 0.2) is 0 Å². The zero-order chi connectivity index (χ0) is 23.6. The first kappa shape index (κ1) is 23.1. The van der Waals surface area contributed by atoms with E-state index in [0.29, 0.717) is 10.6 Å². The van der Waals surface area contributed by atoms with Crippen LogP contribution in [0, 0.1) is 6.92 Å². The number of halogens is 1. The van der Waals surface area contributed by atoms with Crippen molar-refractivity contribution in [1.29, 1.82) is 0 Å². The van der Waals surface area contributed by atoms with Crippen LogP contribution >= 0.6 is 23.4 Å². The maximum Gasteiger partial charge on any atom is 0.339 e. The molecule has 0 radical (unpaired) electrons. The summed E-state index contributed by atoms with van der Waals surface area (Å²) in [6.07, 6.45) is 1.47. The molecule has 1 heterocycles. The molecule has 6 nitrogen and oxygen atoms in total. The molecule has 168 valence electrons. The van der Waals surface area contributed by atoms with Crippen LogP contribution in [0.15, 0.2) is 82.6 Å². The van der Waals surface area contributed by atoms with E-state index in [1.165, 1.54) is 41.3 Å². The highest BCUT2D eigenvalue weighted by Gasteiger charge is 2.35. The summed E-state index contributed by atoms with van der Waals surface area (Å²) in [5.41, 5.74) is 2.21. The average Bonchev–Trinajstić information content (AvgIpc) is 3.04. The molecule has 0 unspecified atom stereocenters. The molecule has 0 atom stereocenters. The zero-order valence-corrected chi connectivity index (χ0v) is 19.8. The first-order valence-electron chi connectivity index (χ1n) is 9.83. The number of rotatable bonds is 6. The summed E-state index contributed by atoms with van der Waals surface area (Å²) in [4.78, 5) is 26.8. The quantitative estimate of drug-likeness (QED) is 0.322. The van der Waals surface area contributed by atoms with Crippen molar-refractivity contribution in [2.75, 3.05) is 0 Å².